The third kappa shape index (κ3) is 2.41. The highest BCUT2D eigenvalue weighted by atomic mass is 16.5. The summed E-state index contributed by atoms with van der Waals surface area (Å²) < 4.78 is 5.21. The molecule has 2 N–H and O–H groups in total. The van der Waals surface area contributed by atoms with Crippen LogP contribution in [0.5, 0.6) is 5.88 Å². The van der Waals surface area contributed by atoms with E-state index in [-0.39, 0.29) is 0 Å². The summed E-state index contributed by atoms with van der Waals surface area (Å²) in [4.78, 5) is 6.79. The topological polar surface area (TPSA) is 51.4 Å². The van der Waals surface area contributed by atoms with Gasteiger partial charge in [-0.25, -0.2) is 0 Å². The van der Waals surface area contributed by atoms with Gasteiger partial charge in [0, 0.05) is 13.1 Å². The summed E-state index contributed by atoms with van der Waals surface area (Å²) in [6.07, 6.45) is 2.25. The van der Waals surface area contributed by atoms with E-state index < -0.39 is 0 Å². The number of pyridine rings is 1. The van der Waals surface area contributed by atoms with Crippen LogP contribution < -0.4 is 15.4 Å². The molecular weight excluding hydrogens is 250 g/mol. The van der Waals surface area contributed by atoms with Gasteiger partial charge in [-0.2, -0.15) is 4.98 Å². The second kappa shape index (κ2) is 5.41. The number of rotatable bonds is 2. The van der Waals surface area contributed by atoms with Crippen LogP contribution in [0, 0.1) is 0 Å². The number of nitrogens with zero attached hydrogens (tertiary/aromatic N) is 2. The Bertz CT molecular complexity index is 612. The number of aromatic nitrogens is 1. The van der Waals surface area contributed by atoms with Crippen LogP contribution in [-0.4, -0.2) is 18.6 Å². The molecule has 3 rings (SSSR count). The van der Waals surface area contributed by atoms with Gasteiger partial charge in [-0.3, -0.25) is 0 Å². The monoisotopic (exact) mass is 269 g/mol. The maximum Gasteiger partial charge on any atom is 0.238 e. The molecule has 2 heterocycles. The van der Waals surface area contributed by atoms with Crippen LogP contribution in [0.25, 0.3) is 0 Å². The van der Waals surface area contributed by atoms with E-state index >= 15 is 0 Å². The molecule has 104 valence electrons. The summed E-state index contributed by atoms with van der Waals surface area (Å²) in [6, 6.07) is 12.4. The Kier molecular flexibility index (Phi) is 3.46. The SMILES string of the molecule is COc1nc(N2CCCc3ccccc3C2)ccc1N. The lowest BCUT2D eigenvalue weighted by molar-refractivity contribution is 0.400. The Morgan fingerprint density at radius 1 is 1.15 bits per heavy atom. The number of nitrogens with two attached hydrogens (primary N) is 1. The van der Waals surface area contributed by atoms with E-state index in [1.807, 2.05) is 12.1 Å². The van der Waals surface area contributed by atoms with Crippen LogP contribution in [0.3, 0.4) is 0 Å². The first kappa shape index (κ1) is 12.8. The van der Waals surface area contributed by atoms with Gasteiger partial charge in [0.1, 0.15) is 5.82 Å². The summed E-state index contributed by atoms with van der Waals surface area (Å²) in [5.41, 5.74) is 9.23. The molecular formula is C16H19N3O. The maximum atomic E-state index is 5.83. The van der Waals surface area contributed by atoms with E-state index in [9.17, 15) is 0 Å². The molecule has 0 spiro atoms. The number of hydrogen-bond donors (Lipinski definition) is 1. The Morgan fingerprint density at radius 2 is 1.95 bits per heavy atom. The van der Waals surface area contributed by atoms with Crippen LogP contribution in [-0.2, 0) is 13.0 Å². The zero-order valence-electron chi connectivity index (χ0n) is 11.7. The molecule has 0 saturated carbocycles. The van der Waals surface area contributed by atoms with Crippen molar-refractivity contribution >= 4 is 11.5 Å². The number of nitrogen functional groups attached to an aromatic ring is 1. The molecule has 0 bridgehead atoms. The Labute approximate surface area is 119 Å². The molecule has 0 saturated heterocycles. The van der Waals surface area contributed by atoms with Crippen LogP contribution in [0.15, 0.2) is 36.4 Å². The molecule has 2 aromatic rings. The van der Waals surface area contributed by atoms with Gasteiger partial charge in [0.25, 0.3) is 0 Å². The minimum atomic E-state index is 0.500. The fourth-order valence-electron chi connectivity index (χ4n) is 2.68. The predicted molar refractivity (Wildman–Crippen MR) is 81.0 cm³/mol. The Morgan fingerprint density at radius 3 is 2.75 bits per heavy atom. The maximum absolute atomic E-state index is 5.83. The molecule has 0 amide bonds. The molecule has 0 aliphatic carbocycles. The average molecular weight is 269 g/mol. The summed E-state index contributed by atoms with van der Waals surface area (Å²) in [5, 5.41) is 0. The molecule has 0 radical (unpaired) electrons. The van der Waals surface area contributed by atoms with Crippen molar-refractivity contribution in [1.82, 2.24) is 4.98 Å². The summed E-state index contributed by atoms with van der Waals surface area (Å²) in [5.74, 6) is 1.42. The number of aryl methyl sites for hydroxylation is 1. The van der Waals surface area contributed by atoms with E-state index in [0.717, 1.165) is 31.7 Å². The van der Waals surface area contributed by atoms with Crippen molar-refractivity contribution in [1.29, 1.82) is 0 Å². The quantitative estimate of drug-likeness (QED) is 0.910. The third-order valence-electron chi connectivity index (χ3n) is 3.75. The fraction of sp³-hybridized carbons (Fsp3) is 0.312. The first-order valence-corrected chi connectivity index (χ1v) is 6.90. The van der Waals surface area contributed by atoms with Gasteiger partial charge >= 0.3 is 0 Å². The molecule has 4 heteroatoms. The van der Waals surface area contributed by atoms with E-state index in [0.29, 0.717) is 11.6 Å². The van der Waals surface area contributed by atoms with Crippen molar-refractivity contribution < 1.29 is 4.74 Å². The normalized spacial score (nSPS) is 14.6. The summed E-state index contributed by atoms with van der Waals surface area (Å²) in [7, 11) is 1.60. The van der Waals surface area contributed by atoms with E-state index in [2.05, 4.69) is 34.1 Å². The number of fused-ring (bicyclic) bond motifs is 1. The van der Waals surface area contributed by atoms with Gasteiger partial charge < -0.3 is 15.4 Å². The zero-order chi connectivity index (χ0) is 13.9. The molecule has 1 aromatic heterocycles. The minimum Gasteiger partial charge on any atom is -0.479 e. The largest absolute Gasteiger partial charge is 0.479 e. The van der Waals surface area contributed by atoms with Crippen molar-refractivity contribution in [3.8, 4) is 5.88 Å². The van der Waals surface area contributed by atoms with Gasteiger partial charge in [-0.1, -0.05) is 24.3 Å². The lowest BCUT2D eigenvalue weighted by Gasteiger charge is -2.22. The lowest BCUT2D eigenvalue weighted by Crippen LogP contribution is -2.23. The summed E-state index contributed by atoms with van der Waals surface area (Å²) in [6.45, 7) is 1.88. The van der Waals surface area contributed by atoms with Crippen LogP contribution >= 0.6 is 0 Å². The number of hydrogen-bond acceptors (Lipinski definition) is 4. The van der Waals surface area contributed by atoms with Crippen molar-refractivity contribution in [3.63, 3.8) is 0 Å². The van der Waals surface area contributed by atoms with Crippen LogP contribution in [0.4, 0.5) is 11.5 Å². The highest BCUT2D eigenvalue weighted by molar-refractivity contribution is 5.55. The van der Waals surface area contributed by atoms with Gasteiger partial charge in [-0.05, 0) is 36.1 Å². The van der Waals surface area contributed by atoms with E-state index in [1.54, 1.807) is 7.11 Å². The lowest BCUT2D eigenvalue weighted by atomic mass is 10.0. The standard InChI is InChI=1S/C16H19N3O/c1-20-16-14(17)8-9-15(18-16)19-10-4-7-12-5-2-3-6-13(12)11-19/h2-3,5-6,8-9H,4,7,10-11,17H2,1H3. The molecule has 0 unspecified atom stereocenters. The van der Waals surface area contributed by atoms with Crippen molar-refractivity contribution in [2.75, 3.05) is 24.3 Å². The van der Waals surface area contributed by atoms with Crippen molar-refractivity contribution in [3.05, 3.63) is 47.5 Å². The van der Waals surface area contributed by atoms with Gasteiger partial charge in [-0.15, -0.1) is 0 Å². The minimum absolute atomic E-state index is 0.500. The van der Waals surface area contributed by atoms with Crippen molar-refractivity contribution in [2.24, 2.45) is 0 Å². The zero-order valence-corrected chi connectivity index (χ0v) is 11.7. The number of anilines is 2. The smallest absolute Gasteiger partial charge is 0.238 e. The number of methoxy groups -OCH3 is 1. The Hall–Kier alpha value is -2.23. The molecule has 0 fully saturated rings. The van der Waals surface area contributed by atoms with E-state index in [4.69, 9.17) is 10.5 Å². The molecule has 1 aliphatic rings. The molecule has 4 nitrogen and oxygen atoms in total. The van der Waals surface area contributed by atoms with Crippen molar-refractivity contribution in [2.45, 2.75) is 19.4 Å². The first-order chi connectivity index (χ1) is 9.78. The highest BCUT2D eigenvalue weighted by Crippen LogP contribution is 2.26. The number of ether oxygens (including phenoxy) is 1. The molecule has 20 heavy (non-hydrogen) atoms. The molecule has 1 aromatic carbocycles. The van der Waals surface area contributed by atoms with Gasteiger partial charge in [0.2, 0.25) is 5.88 Å². The highest BCUT2D eigenvalue weighted by Gasteiger charge is 2.16. The van der Waals surface area contributed by atoms with Crippen LogP contribution in [0.2, 0.25) is 0 Å². The Balaban J connectivity index is 1.91. The predicted octanol–water partition coefficient (Wildman–Crippen LogP) is 2.63. The second-order valence-electron chi connectivity index (χ2n) is 5.06. The van der Waals surface area contributed by atoms with E-state index in [1.165, 1.54) is 11.1 Å². The molecule has 0 atom stereocenters. The summed E-state index contributed by atoms with van der Waals surface area (Å²) >= 11 is 0. The van der Waals surface area contributed by atoms with Crippen LogP contribution in [0.1, 0.15) is 17.5 Å². The van der Waals surface area contributed by atoms with Gasteiger partial charge in [0.05, 0.1) is 12.8 Å². The first-order valence-electron chi connectivity index (χ1n) is 6.90. The molecule has 1 aliphatic heterocycles. The number of benzene rings is 1. The fourth-order valence-corrected chi connectivity index (χ4v) is 2.68. The third-order valence-corrected chi connectivity index (χ3v) is 3.75. The van der Waals surface area contributed by atoms with Gasteiger partial charge in [0.15, 0.2) is 0 Å². The second-order valence-corrected chi connectivity index (χ2v) is 5.06. The average Bonchev–Trinajstić information content (AvgIpc) is 2.70.